The zero-order valence-electron chi connectivity index (χ0n) is 5.98. The Bertz CT molecular complexity index is 248. The normalized spacial score (nSPS) is 10.1. The van der Waals surface area contributed by atoms with E-state index in [1.54, 1.807) is 0 Å². The second kappa shape index (κ2) is 3.44. The van der Waals surface area contributed by atoms with E-state index in [0.29, 0.717) is 13.0 Å². The first-order chi connectivity index (χ1) is 5.24. The second-order valence-corrected chi connectivity index (χ2v) is 2.29. The molecule has 0 spiro atoms. The molecule has 0 fully saturated rings. The van der Waals surface area contributed by atoms with Gasteiger partial charge in [-0.25, -0.2) is 8.78 Å². The van der Waals surface area contributed by atoms with Crippen LogP contribution >= 0.6 is 0 Å². The van der Waals surface area contributed by atoms with Crippen molar-refractivity contribution in [1.82, 2.24) is 0 Å². The molecule has 2 N–H and O–H groups in total. The van der Waals surface area contributed by atoms with Gasteiger partial charge in [0.1, 0.15) is 0 Å². The third-order valence-corrected chi connectivity index (χ3v) is 1.42. The molecule has 60 valence electrons. The summed E-state index contributed by atoms with van der Waals surface area (Å²) in [4.78, 5) is 0. The number of halogens is 2. The molecule has 1 aromatic carbocycles. The highest BCUT2D eigenvalue weighted by molar-refractivity contribution is 5.17. The van der Waals surface area contributed by atoms with Gasteiger partial charge in [0, 0.05) is 0 Å². The van der Waals surface area contributed by atoms with E-state index in [1.165, 1.54) is 12.1 Å². The molecule has 0 aliphatic carbocycles. The lowest BCUT2D eigenvalue weighted by atomic mass is 10.1. The van der Waals surface area contributed by atoms with Gasteiger partial charge >= 0.3 is 0 Å². The summed E-state index contributed by atoms with van der Waals surface area (Å²) in [6, 6.07) is 3.81. The number of rotatable bonds is 2. The Labute approximate surface area is 63.8 Å². The Hall–Kier alpha value is -0.960. The van der Waals surface area contributed by atoms with Gasteiger partial charge in [0.05, 0.1) is 0 Å². The zero-order chi connectivity index (χ0) is 8.27. The molecule has 0 saturated heterocycles. The van der Waals surface area contributed by atoms with Gasteiger partial charge < -0.3 is 5.73 Å². The van der Waals surface area contributed by atoms with Crippen molar-refractivity contribution in [2.24, 2.45) is 5.73 Å². The van der Waals surface area contributed by atoms with Crippen LogP contribution in [0.4, 0.5) is 8.78 Å². The third-order valence-electron chi connectivity index (χ3n) is 1.42. The van der Waals surface area contributed by atoms with Crippen molar-refractivity contribution in [1.29, 1.82) is 0 Å². The maximum Gasteiger partial charge on any atom is 0.159 e. The lowest BCUT2D eigenvalue weighted by molar-refractivity contribution is 0.507. The van der Waals surface area contributed by atoms with E-state index in [2.05, 4.69) is 0 Å². The minimum atomic E-state index is -0.814. The van der Waals surface area contributed by atoms with Crippen molar-refractivity contribution in [2.45, 2.75) is 6.42 Å². The largest absolute Gasteiger partial charge is 0.330 e. The predicted molar refractivity (Wildman–Crippen MR) is 39.1 cm³/mol. The van der Waals surface area contributed by atoms with Crippen LogP contribution in [0.25, 0.3) is 0 Å². The van der Waals surface area contributed by atoms with E-state index < -0.39 is 11.6 Å². The summed E-state index contributed by atoms with van der Waals surface area (Å²) in [5.74, 6) is -1.62. The second-order valence-electron chi connectivity index (χ2n) is 2.29. The summed E-state index contributed by atoms with van der Waals surface area (Å²) in [5.41, 5.74) is 5.96. The molecule has 0 atom stereocenters. The summed E-state index contributed by atoms with van der Waals surface area (Å²) in [6.45, 7) is 0.449. The Kier molecular flexibility index (Phi) is 2.54. The van der Waals surface area contributed by atoms with Gasteiger partial charge in [0.2, 0.25) is 0 Å². The fraction of sp³-hybridized carbons (Fsp3) is 0.250. The highest BCUT2D eigenvalue weighted by atomic mass is 19.2. The average molecular weight is 157 g/mol. The first-order valence-corrected chi connectivity index (χ1v) is 3.38. The van der Waals surface area contributed by atoms with Crippen molar-refractivity contribution in [3.05, 3.63) is 35.4 Å². The lowest BCUT2D eigenvalue weighted by Gasteiger charge is -1.98. The minimum absolute atomic E-state index is 0.449. The van der Waals surface area contributed by atoms with Gasteiger partial charge in [-0.15, -0.1) is 0 Å². The number of benzene rings is 1. The topological polar surface area (TPSA) is 26.0 Å². The van der Waals surface area contributed by atoms with Crippen LogP contribution in [-0.2, 0) is 6.42 Å². The molecule has 0 aliphatic rings. The molecule has 0 radical (unpaired) electrons. The van der Waals surface area contributed by atoms with Crippen molar-refractivity contribution >= 4 is 0 Å². The van der Waals surface area contributed by atoms with Gasteiger partial charge in [-0.3, -0.25) is 0 Å². The van der Waals surface area contributed by atoms with Crippen LogP contribution < -0.4 is 5.73 Å². The number of hydrogen-bond acceptors (Lipinski definition) is 1. The molecule has 1 nitrogen and oxygen atoms in total. The molecule has 1 rings (SSSR count). The van der Waals surface area contributed by atoms with Crippen LogP contribution in [0.2, 0.25) is 0 Å². The summed E-state index contributed by atoms with van der Waals surface area (Å²) >= 11 is 0. The number of nitrogens with two attached hydrogens (primary N) is 1. The maximum absolute atomic E-state index is 12.5. The number of hydrogen-bond donors (Lipinski definition) is 1. The Balaban J connectivity index is 2.86. The standard InChI is InChI=1S/C8H9F2N/c9-7-2-1-6(3-4-11)5-8(7)10/h1-2,5H,3-4,11H2. The van der Waals surface area contributed by atoms with E-state index in [-0.39, 0.29) is 0 Å². The molecular weight excluding hydrogens is 148 g/mol. The quantitative estimate of drug-likeness (QED) is 0.691. The van der Waals surface area contributed by atoms with Gasteiger partial charge in [-0.2, -0.15) is 0 Å². The summed E-state index contributed by atoms with van der Waals surface area (Å²) in [7, 11) is 0. The van der Waals surface area contributed by atoms with Gasteiger partial charge in [-0.05, 0) is 30.7 Å². The summed E-state index contributed by atoms with van der Waals surface area (Å²) in [5, 5.41) is 0. The highest BCUT2D eigenvalue weighted by Crippen LogP contribution is 2.08. The van der Waals surface area contributed by atoms with Gasteiger partial charge in [-0.1, -0.05) is 6.07 Å². The Morgan fingerprint density at radius 1 is 1.18 bits per heavy atom. The van der Waals surface area contributed by atoms with Crippen molar-refractivity contribution in [3.63, 3.8) is 0 Å². The zero-order valence-corrected chi connectivity index (χ0v) is 5.98. The molecule has 3 heteroatoms. The maximum atomic E-state index is 12.5. The molecule has 0 heterocycles. The SMILES string of the molecule is NCCc1ccc(F)c(F)c1. The van der Waals surface area contributed by atoms with Gasteiger partial charge in [0.15, 0.2) is 11.6 Å². The molecule has 11 heavy (non-hydrogen) atoms. The van der Waals surface area contributed by atoms with E-state index in [9.17, 15) is 8.78 Å². The van der Waals surface area contributed by atoms with E-state index >= 15 is 0 Å². The van der Waals surface area contributed by atoms with Gasteiger partial charge in [0.25, 0.3) is 0 Å². The molecule has 1 aromatic rings. The van der Waals surface area contributed by atoms with Crippen molar-refractivity contribution in [3.8, 4) is 0 Å². The smallest absolute Gasteiger partial charge is 0.159 e. The summed E-state index contributed by atoms with van der Waals surface area (Å²) < 4.78 is 24.8. The van der Waals surface area contributed by atoms with Crippen LogP contribution in [0, 0.1) is 11.6 Å². The van der Waals surface area contributed by atoms with Crippen LogP contribution in [0.5, 0.6) is 0 Å². The van der Waals surface area contributed by atoms with Crippen LogP contribution in [0.1, 0.15) is 5.56 Å². The lowest BCUT2D eigenvalue weighted by Crippen LogP contribution is -2.03. The van der Waals surface area contributed by atoms with Crippen molar-refractivity contribution in [2.75, 3.05) is 6.54 Å². The molecule has 0 unspecified atom stereocenters. The molecule has 0 amide bonds. The molecule has 0 aliphatic heterocycles. The van der Waals surface area contributed by atoms with Crippen LogP contribution in [-0.4, -0.2) is 6.54 Å². The first kappa shape index (κ1) is 8.14. The van der Waals surface area contributed by atoms with E-state index in [4.69, 9.17) is 5.73 Å². The Morgan fingerprint density at radius 3 is 2.45 bits per heavy atom. The first-order valence-electron chi connectivity index (χ1n) is 3.38. The minimum Gasteiger partial charge on any atom is -0.330 e. The predicted octanol–water partition coefficient (Wildman–Crippen LogP) is 1.47. The highest BCUT2D eigenvalue weighted by Gasteiger charge is 2.00. The molecule has 0 aromatic heterocycles. The van der Waals surface area contributed by atoms with Crippen LogP contribution in [0.3, 0.4) is 0 Å². The fourth-order valence-corrected chi connectivity index (χ4v) is 0.862. The van der Waals surface area contributed by atoms with E-state index in [1.807, 2.05) is 0 Å². The Morgan fingerprint density at radius 2 is 1.91 bits per heavy atom. The van der Waals surface area contributed by atoms with Crippen molar-refractivity contribution < 1.29 is 8.78 Å². The molecular formula is C8H9F2N. The third kappa shape index (κ3) is 1.98. The molecule has 0 saturated carbocycles. The summed E-state index contributed by atoms with van der Waals surface area (Å²) in [6.07, 6.45) is 0.581. The molecule has 0 bridgehead atoms. The average Bonchev–Trinajstić information content (AvgIpc) is 1.98. The van der Waals surface area contributed by atoms with Crippen LogP contribution in [0.15, 0.2) is 18.2 Å². The van der Waals surface area contributed by atoms with E-state index in [0.717, 1.165) is 11.6 Å². The monoisotopic (exact) mass is 157 g/mol. The fourth-order valence-electron chi connectivity index (χ4n) is 0.862.